The predicted molar refractivity (Wildman–Crippen MR) is 103 cm³/mol. The van der Waals surface area contributed by atoms with Gasteiger partial charge in [-0.3, -0.25) is 14.4 Å². The standard InChI is InChI=1S/C19H26N4O4/c1-13(2)11-23-18(25)15-8-6-5-7-14(15)17(21-23)19(26)22(3)12-16(24)20-9-10-27-4/h5-8,13H,9-12H2,1-4H3,(H,20,24). The third-order valence-corrected chi connectivity index (χ3v) is 3.96. The Balaban J connectivity index is 2.33. The van der Waals surface area contributed by atoms with Gasteiger partial charge < -0.3 is 15.0 Å². The summed E-state index contributed by atoms with van der Waals surface area (Å²) < 4.78 is 6.21. The van der Waals surface area contributed by atoms with Crippen LogP contribution in [0.25, 0.3) is 10.8 Å². The summed E-state index contributed by atoms with van der Waals surface area (Å²) in [4.78, 5) is 38.8. The molecule has 0 fully saturated rings. The van der Waals surface area contributed by atoms with Crippen LogP contribution in [0.4, 0.5) is 0 Å². The van der Waals surface area contributed by atoms with Crippen molar-refractivity contribution in [2.24, 2.45) is 5.92 Å². The number of amides is 2. The van der Waals surface area contributed by atoms with E-state index in [1.807, 2.05) is 13.8 Å². The van der Waals surface area contributed by atoms with Crippen molar-refractivity contribution >= 4 is 22.6 Å². The van der Waals surface area contributed by atoms with Gasteiger partial charge in [-0.15, -0.1) is 0 Å². The summed E-state index contributed by atoms with van der Waals surface area (Å²) >= 11 is 0. The Morgan fingerprint density at radius 2 is 1.93 bits per heavy atom. The van der Waals surface area contributed by atoms with Gasteiger partial charge in [0.1, 0.15) is 0 Å². The van der Waals surface area contributed by atoms with Gasteiger partial charge in [0.25, 0.3) is 11.5 Å². The molecule has 27 heavy (non-hydrogen) atoms. The summed E-state index contributed by atoms with van der Waals surface area (Å²) in [5, 5.41) is 7.90. The minimum atomic E-state index is -0.411. The highest BCUT2D eigenvalue weighted by atomic mass is 16.5. The monoisotopic (exact) mass is 374 g/mol. The average molecular weight is 374 g/mol. The van der Waals surface area contributed by atoms with E-state index in [2.05, 4.69) is 10.4 Å². The molecule has 1 aromatic heterocycles. The third kappa shape index (κ3) is 5.13. The number of aromatic nitrogens is 2. The smallest absolute Gasteiger partial charge is 0.275 e. The maximum absolute atomic E-state index is 12.9. The van der Waals surface area contributed by atoms with E-state index in [4.69, 9.17) is 4.74 Å². The quantitative estimate of drug-likeness (QED) is 0.693. The second-order valence-electron chi connectivity index (χ2n) is 6.78. The molecule has 0 bridgehead atoms. The Hall–Kier alpha value is -2.74. The Kier molecular flexibility index (Phi) is 7.06. The zero-order chi connectivity index (χ0) is 20.0. The van der Waals surface area contributed by atoms with Gasteiger partial charge in [0.05, 0.1) is 18.5 Å². The lowest BCUT2D eigenvalue weighted by Gasteiger charge is -2.18. The summed E-state index contributed by atoms with van der Waals surface area (Å²) in [6.45, 7) is 5.02. The first-order valence-corrected chi connectivity index (χ1v) is 8.86. The average Bonchev–Trinajstić information content (AvgIpc) is 2.63. The fraction of sp³-hybridized carbons (Fsp3) is 0.474. The van der Waals surface area contributed by atoms with Gasteiger partial charge in [0, 0.05) is 32.6 Å². The summed E-state index contributed by atoms with van der Waals surface area (Å²) in [6.07, 6.45) is 0. The molecule has 2 amide bonds. The van der Waals surface area contributed by atoms with Crippen LogP contribution in [0.1, 0.15) is 24.3 Å². The van der Waals surface area contributed by atoms with E-state index in [0.29, 0.717) is 30.5 Å². The Labute approximate surface area is 158 Å². The Morgan fingerprint density at radius 1 is 1.26 bits per heavy atom. The highest BCUT2D eigenvalue weighted by Crippen LogP contribution is 2.15. The van der Waals surface area contributed by atoms with Gasteiger partial charge in [-0.25, -0.2) is 4.68 Å². The fourth-order valence-corrected chi connectivity index (χ4v) is 2.68. The van der Waals surface area contributed by atoms with E-state index in [-0.39, 0.29) is 29.6 Å². The highest BCUT2D eigenvalue weighted by molar-refractivity contribution is 6.05. The molecule has 0 saturated heterocycles. The van der Waals surface area contributed by atoms with Crippen molar-refractivity contribution in [3.63, 3.8) is 0 Å². The molecule has 8 heteroatoms. The van der Waals surface area contributed by atoms with Crippen LogP contribution in [-0.2, 0) is 16.1 Å². The van der Waals surface area contributed by atoms with Gasteiger partial charge in [0.2, 0.25) is 5.91 Å². The number of methoxy groups -OCH3 is 1. The van der Waals surface area contributed by atoms with Crippen LogP contribution in [0, 0.1) is 5.92 Å². The molecule has 2 rings (SSSR count). The number of fused-ring (bicyclic) bond motifs is 1. The number of carbonyl (C=O) groups excluding carboxylic acids is 2. The second-order valence-corrected chi connectivity index (χ2v) is 6.78. The van der Waals surface area contributed by atoms with E-state index in [9.17, 15) is 14.4 Å². The molecule has 0 saturated carbocycles. The number of nitrogens with zero attached hydrogens (tertiary/aromatic N) is 3. The minimum absolute atomic E-state index is 0.109. The topological polar surface area (TPSA) is 93.5 Å². The maximum Gasteiger partial charge on any atom is 0.275 e. The van der Waals surface area contributed by atoms with Crippen molar-refractivity contribution < 1.29 is 14.3 Å². The van der Waals surface area contributed by atoms with Crippen molar-refractivity contribution in [1.29, 1.82) is 0 Å². The predicted octanol–water partition coefficient (Wildman–Crippen LogP) is 0.887. The van der Waals surface area contributed by atoms with Crippen molar-refractivity contribution in [3.8, 4) is 0 Å². The molecule has 8 nitrogen and oxygen atoms in total. The number of benzene rings is 1. The zero-order valence-corrected chi connectivity index (χ0v) is 16.2. The maximum atomic E-state index is 12.9. The molecule has 0 spiro atoms. The first-order valence-electron chi connectivity index (χ1n) is 8.86. The van der Waals surface area contributed by atoms with Crippen LogP contribution >= 0.6 is 0 Å². The summed E-state index contributed by atoms with van der Waals surface area (Å²) in [6, 6.07) is 6.89. The molecular formula is C19H26N4O4. The van der Waals surface area contributed by atoms with E-state index < -0.39 is 5.91 Å². The van der Waals surface area contributed by atoms with E-state index >= 15 is 0 Å². The first kappa shape index (κ1) is 20.6. The normalized spacial score (nSPS) is 11.0. The SMILES string of the molecule is COCCNC(=O)CN(C)C(=O)c1nn(CC(C)C)c(=O)c2ccccc12. The molecule has 0 unspecified atom stereocenters. The largest absolute Gasteiger partial charge is 0.383 e. The molecule has 0 aliphatic rings. The van der Waals surface area contributed by atoms with Crippen LogP contribution in [0.5, 0.6) is 0 Å². The zero-order valence-electron chi connectivity index (χ0n) is 16.2. The molecule has 146 valence electrons. The second kappa shape index (κ2) is 9.27. The van der Waals surface area contributed by atoms with Gasteiger partial charge >= 0.3 is 0 Å². The highest BCUT2D eigenvalue weighted by Gasteiger charge is 2.21. The van der Waals surface area contributed by atoms with Gasteiger partial charge in [-0.1, -0.05) is 32.0 Å². The number of likely N-dealkylation sites (N-methyl/N-ethyl adjacent to an activating group) is 1. The van der Waals surface area contributed by atoms with Crippen LogP contribution < -0.4 is 10.9 Å². The van der Waals surface area contributed by atoms with Crippen molar-refractivity contribution in [1.82, 2.24) is 20.0 Å². The van der Waals surface area contributed by atoms with Gasteiger partial charge in [0.15, 0.2) is 5.69 Å². The van der Waals surface area contributed by atoms with Gasteiger partial charge in [-0.2, -0.15) is 5.10 Å². The number of hydrogen-bond acceptors (Lipinski definition) is 5. The van der Waals surface area contributed by atoms with Crippen molar-refractivity contribution in [2.75, 3.05) is 33.9 Å². The lowest BCUT2D eigenvalue weighted by molar-refractivity contribution is -0.121. The summed E-state index contributed by atoms with van der Waals surface area (Å²) in [5.41, 5.74) is -0.0612. The Bertz CT molecular complexity index is 876. The molecule has 2 aromatic rings. The number of nitrogens with one attached hydrogen (secondary N) is 1. The Morgan fingerprint density at radius 3 is 2.56 bits per heavy atom. The first-order chi connectivity index (χ1) is 12.8. The molecule has 0 aliphatic carbocycles. The number of hydrogen-bond donors (Lipinski definition) is 1. The van der Waals surface area contributed by atoms with Crippen LogP contribution in [0.2, 0.25) is 0 Å². The lowest BCUT2D eigenvalue weighted by atomic mass is 10.1. The molecule has 1 heterocycles. The van der Waals surface area contributed by atoms with Crippen LogP contribution in [0.15, 0.2) is 29.1 Å². The summed E-state index contributed by atoms with van der Waals surface area (Å²) in [5.74, 6) is -0.503. The number of ether oxygens (including phenoxy) is 1. The molecule has 1 N–H and O–H groups in total. The molecule has 0 aliphatic heterocycles. The van der Waals surface area contributed by atoms with E-state index in [0.717, 1.165) is 0 Å². The summed E-state index contributed by atoms with van der Waals surface area (Å²) in [7, 11) is 3.08. The molecule has 0 atom stereocenters. The molecule has 0 radical (unpaired) electrons. The molecular weight excluding hydrogens is 348 g/mol. The fourth-order valence-electron chi connectivity index (χ4n) is 2.68. The van der Waals surface area contributed by atoms with Crippen LogP contribution in [-0.4, -0.2) is 60.3 Å². The van der Waals surface area contributed by atoms with Gasteiger partial charge in [-0.05, 0) is 12.0 Å². The van der Waals surface area contributed by atoms with Crippen LogP contribution in [0.3, 0.4) is 0 Å². The van der Waals surface area contributed by atoms with E-state index in [1.165, 1.54) is 16.6 Å². The van der Waals surface area contributed by atoms with E-state index in [1.54, 1.807) is 31.4 Å². The van der Waals surface area contributed by atoms with Crippen molar-refractivity contribution in [3.05, 3.63) is 40.3 Å². The molecule has 1 aromatic carbocycles. The minimum Gasteiger partial charge on any atom is -0.383 e. The lowest BCUT2D eigenvalue weighted by Crippen LogP contribution is -2.40. The third-order valence-electron chi connectivity index (χ3n) is 3.96. The number of rotatable bonds is 8. The van der Waals surface area contributed by atoms with Crippen molar-refractivity contribution in [2.45, 2.75) is 20.4 Å². The number of carbonyl (C=O) groups is 2.